The van der Waals surface area contributed by atoms with Crippen LogP contribution in [0.15, 0.2) is 36.7 Å². The van der Waals surface area contributed by atoms with E-state index in [9.17, 15) is 8.78 Å². The summed E-state index contributed by atoms with van der Waals surface area (Å²) in [5.74, 6) is 0.776. The van der Waals surface area contributed by atoms with Crippen molar-refractivity contribution in [1.29, 1.82) is 0 Å². The van der Waals surface area contributed by atoms with Crippen LogP contribution in [-0.2, 0) is 4.74 Å². The van der Waals surface area contributed by atoms with Crippen LogP contribution in [0.25, 0.3) is 5.69 Å². The Morgan fingerprint density at radius 3 is 2.62 bits per heavy atom. The van der Waals surface area contributed by atoms with Gasteiger partial charge in [0.15, 0.2) is 0 Å². The van der Waals surface area contributed by atoms with Crippen LogP contribution in [-0.4, -0.2) is 35.9 Å². The highest BCUT2D eigenvalue weighted by Crippen LogP contribution is 2.20. The van der Waals surface area contributed by atoms with E-state index in [1.165, 1.54) is 12.1 Å². The molecule has 1 heterocycles. The normalized spacial score (nSPS) is 12.4. The predicted molar refractivity (Wildman–Crippen MR) is 75.2 cm³/mol. The van der Waals surface area contributed by atoms with Gasteiger partial charge in [-0.15, -0.1) is 0 Å². The third-order valence-corrected chi connectivity index (χ3v) is 2.77. The summed E-state index contributed by atoms with van der Waals surface area (Å²) in [6, 6.07) is 6.45. The van der Waals surface area contributed by atoms with E-state index < -0.39 is 6.61 Å². The van der Waals surface area contributed by atoms with E-state index in [2.05, 4.69) is 15.0 Å². The van der Waals surface area contributed by atoms with Gasteiger partial charge in [-0.1, -0.05) is 0 Å². The zero-order valence-electron chi connectivity index (χ0n) is 11.8. The minimum Gasteiger partial charge on any atom is -0.435 e. The van der Waals surface area contributed by atoms with Gasteiger partial charge in [0.05, 0.1) is 6.61 Å². The molecule has 0 saturated heterocycles. The van der Waals surface area contributed by atoms with Crippen LogP contribution in [0.3, 0.4) is 0 Å². The Kier molecular flexibility index (Phi) is 5.10. The Balaban J connectivity index is 2.13. The Hall–Kier alpha value is -2.15. The zero-order chi connectivity index (χ0) is 15.2. The van der Waals surface area contributed by atoms with Gasteiger partial charge in [0.2, 0.25) is 5.95 Å². The van der Waals surface area contributed by atoms with Crippen molar-refractivity contribution in [3.63, 3.8) is 0 Å². The number of anilines is 1. The quantitative estimate of drug-likeness (QED) is 0.853. The number of aromatic nitrogens is 2. The number of ether oxygens (including phenoxy) is 2. The molecule has 1 aromatic carbocycles. The summed E-state index contributed by atoms with van der Waals surface area (Å²) in [7, 11) is 1.63. The first-order valence-electron chi connectivity index (χ1n) is 6.44. The van der Waals surface area contributed by atoms with Gasteiger partial charge in [-0.25, -0.2) is 4.98 Å². The molecule has 0 aliphatic carbocycles. The summed E-state index contributed by atoms with van der Waals surface area (Å²) in [5, 5.41) is 3.21. The fourth-order valence-corrected chi connectivity index (χ4v) is 1.92. The molecule has 0 bridgehead atoms. The van der Waals surface area contributed by atoms with Gasteiger partial charge in [0.1, 0.15) is 5.75 Å². The van der Waals surface area contributed by atoms with Crippen molar-refractivity contribution in [1.82, 2.24) is 9.55 Å². The topological polar surface area (TPSA) is 48.3 Å². The zero-order valence-corrected chi connectivity index (χ0v) is 11.8. The van der Waals surface area contributed by atoms with Gasteiger partial charge < -0.3 is 14.8 Å². The molecule has 1 atom stereocenters. The molecule has 1 unspecified atom stereocenters. The third kappa shape index (κ3) is 4.16. The van der Waals surface area contributed by atoms with Crippen molar-refractivity contribution in [2.75, 3.05) is 19.0 Å². The second-order valence-electron chi connectivity index (χ2n) is 4.49. The Morgan fingerprint density at radius 1 is 1.29 bits per heavy atom. The van der Waals surface area contributed by atoms with Crippen LogP contribution in [0.5, 0.6) is 5.75 Å². The Morgan fingerprint density at radius 2 is 2.00 bits per heavy atom. The van der Waals surface area contributed by atoms with Crippen molar-refractivity contribution in [2.45, 2.75) is 19.6 Å². The fraction of sp³-hybridized carbons (Fsp3) is 0.357. The molecule has 1 N–H and O–H groups in total. The molecule has 2 aromatic rings. The number of rotatable bonds is 7. The molecule has 0 aliphatic rings. The van der Waals surface area contributed by atoms with Crippen molar-refractivity contribution in [2.24, 2.45) is 0 Å². The maximum atomic E-state index is 12.1. The van der Waals surface area contributed by atoms with Gasteiger partial charge in [0.25, 0.3) is 0 Å². The van der Waals surface area contributed by atoms with Gasteiger partial charge >= 0.3 is 6.61 Å². The molecule has 0 fully saturated rings. The SMILES string of the molecule is COCC(C)Nc1nccn1-c1ccc(OC(F)F)cc1. The van der Waals surface area contributed by atoms with Gasteiger partial charge in [-0.3, -0.25) is 4.57 Å². The number of benzene rings is 1. The lowest BCUT2D eigenvalue weighted by molar-refractivity contribution is -0.0498. The number of imidazole rings is 1. The molecule has 5 nitrogen and oxygen atoms in total. The first-order valence-corrected chi connectivity index (χ1v) is 6.44. The van der Waals surface area contributed by atoms with Gasteiger partial charge in [-0.05, 0) is 31.2 Å². The van der Waals surface area contributed by atoms with E-state index >= 15 is 0 Å². The molecule has 2 rings (SSSR count). The molecule has 7 heteroatoms. The molecule has 114 valence electrons. The maximum absolute atomic E-state index is 12.1. The van der Waals surface area contributed by atoms with Gasteiger partial charge in [-0.2, -0.15) is 8.78 Å². The maximum Gasteiger partial charge on any atom is 0.387 e. The second kappa shape index (κ2) is 7.03. The fourth-order valence-electron chi connectivity index (χ4n) is 1.92. The van der Waals surface area contributed by atoms with Gasteiger partial charge in [0, 0.05) is 31.2 Å². The van der Waals surface area contributed by atoms with Crippen molar-refractivity contribution in [3.8, 4) is 11.4 Å². The van der Waals surface area contributed by atoms with Crippen LogP contribution < -0.4 is 10.1 Å². The largest absolute Gasteiger partial charge is 0.435 e. The summed E-state index contributed by atoms with van der Waals surface area (Å²) >= 11 is 0. The first kappa shape index (κ1) is 15.2. The summed E-state index contributed by atoms with van der Waals surface area (Å²) in [6.45, 7) is -0.299. The van der Waals surface area contributed by atoms with Crippen LogP contribution in [0.1, 0.15) is 6.92 Å². The Bertz CT molecular complexity index is 558. The molecular weight excluding hydrogens is 280 g/mol. The monoisotopic (exact) mass is 297 g/mol. The highest BCUT2D eigenvalue weighted by atomic mass is 19.3. The van der Waals surface area contributed by atoms with E-state index in [4.69, 9.17) is 4.74 Å². The minimum atomic E-state index is -2.82. The molecule has 21 heavy (non-hydrogen) atoms. The highest BCUT2D eigenvalue weighted by Gasteiger charge is 2.09. The lowest BCUT2D eigenvalue weighted by Crippen LogP contribution is -2.22. The van der Waals surface area contributed by atoms with Crippen molar-refractivity contribution in [3.05, 3.63) is 36.7 Å². The van der Waals surface area contributed by atoms with Crippen LogP contribution in [0, 0.1) is 0 Å². The van der Waals surface area contributed by atoms with Crippen LogP contribution in [0.4, 0.5) is 14.7 Å². The smallest absolute Gasteiger partial charge is 0.387 e. The lowest BCUT2D eigenvalue weighted by atomic mass is 10.3. The van der Waals surface area contributed by atoms with E-state index in [0.717, 1.165) is 5.69 Å². The highest BCUT2D eigenvalue weighted by molar-refractivity contribution is 5.44. The predicted octanol–water partition coefficient (Wildman–Crippen LogP) is 2.92. The third-order valence-electron chi connectivity index (χ3n) is 2.77. The summed E-state index contributed by atoms with van der Waals surface area (Å²) in [5.41, 5.74) is 0.793. The van der Waals surface area contributed by atoms with Crippen molar-refractivity contribution >= 4 is 5.95 Å². The van der Waals surface area contributed by atoms with Crippen LogP contribution >= 0.6 is 0 Å². The average Bonchev–Trinajstić information content (AvgIpc) is 2.87. The minimum absolute atomic E-state index is 0.0950. The summed E-state index contributed by atoms with van der Waals surface area (Å²) in [4.78, 5) is 4.23. The van der Waals surface area contributed by atoms with Crippen LogP contribution in [0.2, 0.25) is 0 Å². The lowest BCUT2D eigenvalue weighted by Gasteiger charge is -2.15. The number of hydrogen-bond donors (Lipinski definition) is 1. The molecule has 1 aromatic heterocycles. The summed E-state index contributed by atoms with van der Waals surface area (Å²) < 4.78 is 35.4. The molecule has 0 amide bonds. The number of nitrogens with one attached hydrogen (secondary N) is 1. The molecule has 0 saturated carbocycles. The average molecular weight is 297 g/mol. The molecule has 0 aliphatic heterocycles. The summed E-state index contributed by atoms with van der Waals surface area (Å²) in [6.07, 6.45) is 3.44. The number of halogens is 2. The number of alkyl halides is 2. The number of nitrogens with zero attached hydrogens (tertiary/aromatic N) is 2. The van der Waals surface area contributed by atoms with E-state index in [-0.39, 0.29) is 11.8 Å². The van der Waals surface area contributed by atoms with E-state index in [1.807, 2.05) is 11.5 Å². The number of methoxy groups -OCH3 is 1. The molecular formula is C14H17F2N3O2. The Labute approximate surface area is 121 Å². The number of hydrogen-bond acceptors (Lipinski definition) is 4. The second-order valence-corrected chi connectivity index (χ2v) is 4.49. The molecule has 0 radical (unpaired) electrons. The standard InChI is InChI=1S/C14H17F2N3O2/c1-10(9-20-2)18-14-17-7-8-19(14)11-3-5-12(6-4-11)21-13(15)16/h3-8,10,13H,9H2,1-2H3,(H,17,18). The first-order chi connectivity index (χ1) is 10.1. The van der Waals surface area contributed by atoms with E-state index in [0.29, 0.717) is 12.6 Å². The van der Waals surface area contributed by atoms with E-state index in [1.54, 1.807) is 31.6 Å². The molecule has 0 spiro atoms. The van der Waals surface area contributed by atoms with Crippen molar-refractivity contribution < 1.29 is 18.3 Å².